The van der Waals surface area contributed by atoms with Crippen molar-refractivity contribution in [3.8, 4) is 0 Å². The van der Waals surface area contributed by atoms with E-state index in [0.29, 0.717) is 26.1 Å². The number of amides is 1. The molecule has 5 nitrogen and oxygen atoms in total. The van der Waals surface area contributed by atoms with Crippen molar-refractivity contribution >= 4 is 5.91 Å². The van der Waals surface area contributed by atoms with Crippen molar-refractivity contribution in [2.24, 2.45) is 5.73 Å². The highest BCUT2D eigenvalue weighted by Crippen LogP contribution is 2.06. The van der Waals surface area contributed by atoms with Crippen LogP contribution in [0.4, 0.5) is 0 Å². The molecule has 0 radical (unpaired) electrons. The molecule has 0 bridgehead atoms. The highest BCUT2D eigenvalue weighted by atomic mass is 16.5. The van der Waals surface area contributed by atoms with E-state index in [0.717, 1.165) is 19.7 Å². The Morgan fingerprint density at radius 3 is 3.13 bits per heavy atom. The standard InChI is InChI=1S/C10H21N3O2/c1-2-12-10(14)3-4-13-5-6-15-8-9(13)7-11/h9H,2-8,11H2,1H3,(H,12,14). The highest BCUT2D eigenvalue weighted by Gasteiger charge is 2.21. The molecule has 1 amide bonds. The SMILES string of the molecule is CCNC(=O)CCN1CCOCC1CN. The Balaban J connectivity index is 2.26. The van der Waals surface area contributed by atoms with Gasteiger partial charge in [-0.05, 0) is 6.92 Å². The Labute approximate surface area is 90.9 Å². The Kier molecular flexibility index (Phi) is 5.60. The number of nitrogens with zero attached hydrogens (tertiary/aromatic N) is 1. The van der Waals surface area contributed by atoms with Gasteiger partial charge in [0.15, 0.2) is 0 Å². The second-order valence-electron chi connectivity index (χ2n) is 3.70. The quantitative estimate of drug-likeness (QED) is 0.628. The number of carbonyl (C=O) groups is 1. The molecule has 0 aromatic rings. The molecule has 1 atom stereocenters. The zero-order valence-corrected chi connectivity index (χ0v) is 9.37. The van der Waals surface area contributed by atoms with Gasteiger partial charge in [-0.15, -0.1) is 0 Å². The molecular formula is C10H21N3O2. The Hall–Kier alpha value is -0.650. The Bertz CT molecular complexity index is 199. The lowest BCUT2D eigenvalue weighted by atomic mass is 10.2. The van der Waals surface area contributed by atoms with Gasteiger partial charge in [0.25, 0.3) is 0 Å². The van der Waals surface area contributed by atoms with Crippen molar-refractivity contribution in [1.29, 1.82) is 0 Å². The minimum absolute atomic E-state index is 0.111. The molecule has 3 N–H and O–H groups in total. The smallest absolute Gasteiger partial charge is 0.221 e. The van der Waals surface area contributed by atoms with E-state index in [1.54, 1.807) is 0 Å². The number of nitrogens with one attached hydrogen (secondary N) is 1. The molecular weight excluding hydrogens is 194 g/mol. The Morgan fingerprint density at radius 2 is 2.47 bits per heavy atom. The van der Waals surface area contributed by atoms with Crippen molar-refractivity contribution in [3.63, 3.8) is 0 Å². The van der Waals surface area contributed by atoms with E-state index < -0.39 is 0 Å². The first-order valence-corrected chi connectivity index (χ1v) is 5.56. The van der Waals surface area contributed by atoms with E-state index in [9.17, 15) is 4.79 Å². The number of rotatable bonds is 5. The van der Waals surface area contributed by atoms with Crippen LogP contribution in [0, 0.1) is 0 Å². The van der Waals surface area contributed by atoms with Gasteiger partial charge in [0.1, 0.15) is 0 Å². The second-order valence-corrected chi connectivity index (χ2v) is 3.70. The molecule has 1 unspecified atom stereocenters. The fourth-order valence-electron chi connectivity index (χ4n) is 1.73. The zero-order valence-electron chi connectivity index (χ0n) is 9.37. The van der Waals surface area contributed by atoms with Crippen LogP contribution >= 0.6 is 0 Å². The van der Waals surface area contributed by atoms with Gasteiger partial charge in [-0.1, -0.05) is 0 Å². The van der Waals surface area contributed by atoms with Crippen LogP contribution in [-0.2, 0) is 9.53 Å². The monoisotopic (exact) mass is 215 g/mol. The van der Waals surface area contributed by atoms with Crippen LogP contribution in [0.3, 0.4) is 0 Å². The van der Waals surface area contributed by atoms with E-state index in [2.05, 4.69) is 10.2 Å². The lowest BCUT2D eigenvalue weighted by Crippen LogP contribution is -2.50. The summed E-state index contributed by atoms with van der Waals surface area (Å²) < 4.78 is 5.34. The van der Waals surface area contributed by atoms with E-state index in [1.165, 1.54) is 0 Å². The summed E-state index contributed by atoms with van der Waals surface area (Å²) in [6, 6.07) is 0.271. The Morgan fingerprint density at radius 1 is 1.67 bits per heavy atom. The summed E-state index contributed by atoms with van der Waals surface area (Å²) in [5.74, 6) is 0.111. The first-order valence-electron chi connectivity index (χ1n) is 5.56. The lowest BCUT2D eigenvalue weighted by Gasteiger charge is -2.34. The fraction of sp³-hybridized carbons (Fsp3) is 0.900. The fourth-order valence-corrected chi connectivity index (χ4v) is 1.73. The number of carbonyl (C=O) groups excluding carboxylic acids is 1. The molecule has 15 heavy (non-hydrogen) atoms. The summed E-state index contributed by atoms with van der Waals surface area (Å²) in [6.07, 6.45) is 0.546. The van der Waals surface area contributed by atoms with Gasteiger partial charge in [-0.2, -0.15) is 0 Å². The van der Waals surface area contributed by atoms with Gasteiger partial charge in [-0.3, -0.25) is 9.69 Å². The molecule has 1 rings (SSSR count). The first-order chi connectivity index (χ1) is 7.27. The van der Waals surface area contributed by atoms with Gasteiger partial charge in [0.2, 0.25) is 5.91 Å². The van der Waals surface area contributed by atoms with E-state index in [-0.39, 0.29) is 11.9 Å². The summed E-state index contributed by atoms with van der Waals surface area (Å²) in [4.78, 5) is 13.5. The van der Waals surface area contributed by atoms with Gasteiger partial charge in [0, 0.05) is 38.6 Å². The molecule has 0 saturated carbocycles. The molecule has 88 valence electrons. The zero-order chi connectivity index (χ0) is 11.1. The van der Waals surface area contributed by atoms with Crippen molar-refractivity contribution in [3.05, 3.63) is 0 Å². The summed E-state index contributed by atoms with van der Waals surface area (Å²) >= 11 is 0. The molecule has 5 heteroatoms. The minimum Gasteiger partial charge on any atom is -0.378 e. The summed E-state index contributed by atoms with van der Waals surface area (Å²) in [6.45, 7) is 6.29. The lowest BCUT2D eigenvalue weighted by molar-refractivity contribution is -0.121. The number of hydrogen-bond acceptors (Lipinski definition) is 4. The third-order valence-corrected chi connectivity index (χ3v) is 2.62. The van der Waals surface area contributed by atoms with Gasteiger partial charge in [-0.25, -0.2) is 0 Å². The molecule has 1 aliphatic rings. The number of nitrogens with two attached hydrogens (primary N) is 1. The highest BCUT2D eigenvalue weighted by molar-refractivity contribution is 5.75. The van der Waals surface area contributed by atoms with E-state index in [4.69, 9.17) is 10.5 Å². The maximum atomic E-state index is 11.3. The third-order valence-electron chi connectivity index (χ3n) is 2.62. The molecule has 0 aliphatic carbocycles. The first kappa shape index (κ1) is 12.4. The maximum Gasteiger partial charge on any atom is 0.221 e. The van der Waals surface area contributed by atoms with Crippen molar-refractivity contribution in [2.45, 2.75) is 19.4 Å². The van der Waals surface area contributed by atoms with Crippen LogP contribution in [0.15, 0.2) is 0 Å². The van der Waals surface area contributed by atoms with Crippen molar-refractivity contribution < 1.29 is 9.53 Å². The van der Waals surface area contributed by atoms with Crippen LogP contribution in [0.2, 0.25) is 0 Å². The average Bonchev–Trinajstić information content (AvgIpc) is 2.27. The van der Waals surface area contributed by atoms with Crippen LogP contribution in [-0.4, -0.2) is 56.2 Å². The van der Waals surface area contributed by atoms with Crippen LogP contribution in [0.1, 0.15) is 13.3 Å². The maximum absolute atomic E-state index is 11.3. The predicted octanol–water partition coefficient (Wildman–Crippen LogP) is -0.828. The van der Waals surface area contributed by atoms with Crippen LogP contribution in [0.25, 0.3) is 0 Å². The molecule has 1 saturated heterocycles. The van der Waals surface area contributed by atoms with Crippen LogP contribution < -0.4 is 11.1 Å². The average molecular weight is 215 g/mol. The number of hydrogen-bond donors (Lipinski definition) is 2. The van der Waals surface area contributed by atoms with Crippen molar-refractivity contribution in [2.75, 3.05) is 39.4 Å². The summed E-state index contributed by atoms with van der Waals surface area (Å²) in [5, 5.41) is 2.79. The number of morpholine rings is 1. The molecule has 1 heterocycles. The van der Waals surface area contributed by atoms with Gasteiger partial charge < -0.3 is 15.8 Å². The summed E-state index contributed by atoms with van der Waals surface area (Å²) in [7, 11) is 0. The predicted molar refractivity (Wildman–Crippen MR) is 58.5 cm³/mol. The normalized spacial score (nSPS) is 22.7. The van der Waals surface area contributed by atoms with Gasteiger partial charge >= 0.3 is 0 Å². The molecule has 0 aromatic heterocycles. The van der Waals surface area contributed by atoms with Gasteiger partial charge in [0.05, 0.1) is 13.2 Å². The molecule has 1 fully saturated rings. The molecule has 1 aliphatic heterocycles. The van der Waals surface area contributed by atoms with Crippen LogP contribution in [0.5, 0.6) is 0 Å². The van der Waals surface area contributed by atoms with Crippen molar-refractivity contribution in [1.82, 2.24) is 10.2 Å². The topological polar surface area (TPSA) is 67.6 Å². The number of ether oxygens (including phenoxy) is 1. The largest absolute Gasteiger partial charge is 0.378 e. The molecule has 0 spiro atoms. The van der Waals surface area contributed by atoms with E-state index >= 15 is 0 Å². The molecule has 0 aromatic carbocycles. The van der Waals surface area contributed by atoms with E-state index in [1.807, 2.05) is 6.92 Å². The summed E-state index contributed by atoms with van der Waals surface area (Å²) in [5.41, 5.74) is 5.64. The third kappa shape index (κ3) is 4.15. The minimum atomic E-state index is 0.111. The second kappa shape index (κ2) is 6.76.